The summed E-state index contributed by atoms with van der Waals surface area (Å²) in [5, 5.41) is 0. The lowest BCUT2D eigenvalue weighted by atomic mass is 10.1. The Balaban J connectivity index is 0.000000316. The molecule has 0 amide bonds. The zero-order valence-corrected chi connectivity index (χ0v) is 11.9. The summed E-state index contributed by atoms with van der Waals surface area (Å²) in [5.41, 5.74) is 2.55. The first kappa shape index (κ1) is 17.1. The number of carbonyl (C=O) groups is 1. The van der Waals surface area contributed by atoms with Crippen molar-refractivity contribution >= 4 is 6.79 Å². The van der Waals surface area contributed by atoms with Crippen LogP contribution in [0, 0.1) is 6.92 Å². The second-order valence-electron chi connectivity index (χ2n) is 3.94. The van der Waals surface area contributed by atoms with Gasteiger partial charge in [0.1, 0.15) is 6.79 Å². The molecule has 0 radical (unpaired) electrons. The second kappa shape index (κ2) is 11.2. The van der Waals surface area contributed by atoms with Gasteiger partial charge in [-0.1, -0.05) is 66.2 Å². The van der Waals surface area contributed by atoms with Gasteiger partial charge in [-0.05, 0) is 19.4 Å². The molecule has 0 spiro atoms. The van der Waals surface area contributed by atoms with Crippen molar-refractivity contribution in [2.75, 3.05) is 7.11 Å². The van der Waals surface area contributed by atoms with Gasteiger partial charge in [-0.3, -0.25) is 0 Å². The van der Waals surface area contributed by atoms with Crippen LogP contribution in [0.1, 0.15) is 24.2 Å². The predicted octanol–water partition coefficient (Wildman–Crippen LogP) is 4.20. The van der Waals surface area contributed by atoms with Crippen LogP contribution < -0.4 is 0 Å². The maximum Gasteiger partial charge on any atom is 0.106 e. The second-order valence-corrected chi connectivity index (χ2v) is 3.94. The SMILES string of the molecule is C=O.COC(C)c1ccccc1.Cc1ccccc1. The number of hydrogen-bond acceptors (Lipinski definition) is 2. The number of methoxy groups -OCH3 is 1. The molecular formula is C17H22O2. The van der Waals surface area contributed by atoms with Crippen molar-refractivity contribution in [1.82, 2.24) is 0 Å². The van der Waals surface area contributed by atoms with Gasteiger partial charge >= 0.3 is 0 Å². The van der Waals surface area contributed by atoms with Gasteiger partial charge in [0.25, 0.3) is 0 Å². The summed E-state index contributed by atoms with van der Waals surface area (Å²) in [4.78, 5) is 8.00. The zero-order chi connectivity index (χ0) is 14.5. The summed E-state index contributed by atoms with van der Waals surface area (Å²) in [6.45, 7) is 6.12. The van der Waals surface area contributed by atoms with Crippen molar-refractivity contribution in [3.8, 4) is 0 Å². The third kappa shape index (κ3) is 7.90. The van der Waals surface area contributed by atoms with Gasteiger partial charge in [-0.2, -0.15) is 0 Å². The normalized spacial score (nSPS) is 10.3. The molecule has 0 aliphatic rings. The summed E-state index contributed by atoms with van der Waals surface area (Å²) in [7, 11) is 1.72. The molecule has 1 atom stereocenters. The molecule has 0 fully saturated rings. The van der Waals surface area contributed by atoms with E-state index >= 15 is 0 Å². The number of rotatable bonds is 2. The molecule has 0 aliphatic carbocycles. The van der Waals surface area contributed by atoms with E-state index in [0.717, 1.165) is 0 Å². The van der Waals surface area contributed by atoms with E-state index in [1.165, 1.54) is 11.1 Å². The molecular weight excluding hydrogens is 236 g/mol. The molecule has 0 aliphatic heterocycles. The number of benzene rings is 2. The van der Waals surface area contributed by atoms with Crippen LogP contribution in [0.5, 0.6) is 0 Å². The van der Waals surface area contributed by atoms with Gasteiger partial charge in [0, 0.05) is 7.11 Å². The number of carbonyl (C=O) groups excluding carboxylic acids is 1. The van der Waals surface area contributed by atoms with Crippen LogP contribution in [-0.2, 0) is 9.53 Å². The average molecular weight is 258 g/mol. The van der Waals surface area contributed by atoms with Crippen LogP contribution in [0.2, 0.25) is 0 Å². The predicted molar refractivity (Wildman–Crippen MR) is 80.2 cm³/mol. The van der Waals surface area contributed by atoms with Crippen LogP contribution in [0.25, 0.3) is 0 Å². The van der Waals surface area contributed by atoms with E-state index in [9.17, 15) is 0 Å². The monoisotopic (exact) mass is 258 g/mol. The molecule has 2 aromatic rings. The number of ether oxygens (including phenoxy) is 1. The molecule has 0 saturated heterocycles. The van der Waals surface area contributed by atoms with E-state index in [-0.39, 0.29) is 6.10 Å². The van der Waals surface area contributed by atoms with Gasteiger partial charge in [0.05, 0.1) is 6.10 Å². The van der Waals surface area contributed by atoms with Crippen LogP contribution in [0.3, 0.4) is 0 Å². The molecule has 0 heterocycles. The smallest absolute Gasteiger partial charge is 0.106 e. The summed E-state index contributed by atoms with van der Waals surface area (Å²) < 4.78 is 5.14. The lowest BCUT2D eigenvalue weighted by molar-refractivity contribution is -0.0979. The molecule has 1 unspecified atom stereocenters. The quantitative estimate of drug-likeness (QED) is 0.806. The topological polar surface area (TPSA) is 26.3 Å². The minimum absolute atomic E-state index is 0.209. The number of hydrogen-bond donors (Lipinski definition) is 0. The molecule has 0 saturated carbocycles. The highest BCUT2D eigenvalue weighted by molar-refractivity contribution is 5.16. The zero-order valence-electron chi connectivity index (χ0n) is 11.9. The van der Waals surface area contributed by atoms with Crippen LogP contribution in [0.15, 0.2) is 60.7 Å². The molecule has 2 heteroatoms. The fraction of sp³-hybridized carbons (Fsp3) is 0.235. The van der Waals surface area contributed by atoms with Crippen molar-refractivity contribution in [2.24, 2.45) is 0 Å². The Morgan fingerprint density at radius 3 is 1.63 bits per heavy atom. The van der Waals surface area contributed by atoms with Gasteiger partial charge in [-0.25, -0.2) is 0 Å². The van der Waals surface area contributed by atoms with Crippen molar-refractivity contribution in [3.05, 3.63) is 71.8 Å². The Morgan fingerprint density at radius 2 is 1.32 bits per heavy atom. The maximum atomic E-state index is 8.00. The van der Waals surface area contributed by atoms with Crippen molar-refractivity contribution in [1.29, 1.82) is 0 Å². The van der Waals surface area contributed by atoms with E-state index in [0.29, 0.717) is 0 Å². The Labute approximate surface area is 116 Å². The molecule has 19 heavy (non-hydrogen) atoms. The van der Waals surface area contributed by atoms with Crippen molar-refractivity contribution in [2.45, 2.75) is 20.0 Å². The summed E-state index contributed by atoms with van der Waals surface area (Å²) in [6, 6.07) is 20.4. The fourth-order valence-electron chi connectivity index (χ4n) is 1.39. The van der Waals surface area contributed by atoms with E-state index in [1.807, 2.05) is 50.1 Å². The lowest BCUT2D eigenvalue weighted by Gasteiger charge is -2.07. The highest BCUT2D eigenvalue weighted by Gasteiger charge is 1.99. The standard InChI is InChI=1S/C9H12O.C7H8.CH2O/c1-8(10-2)9-6-4-3-5-7-9;1-7-5-3-2-4-6-7;1-2/h3-8H,1-2H3;2-6H,1H3;1H2. The Bertz CT molecular complexity index is 412. The van der Waals surface area contributed by atoms with Gasteiger partial charge < -0.3 is 9.53 Å². The third-order valence-corrected chi connectivity index (χ3v) is 2.56. The van der Waals surface area contributed by atoms with Crippen LogP contribution >= 0.6 is 0 Å². The first-order chi connectivity index (χ1) is 9.24. The maximum absolute atomic E-state index is 8.00. The van der Waals surface area contributed by atoms with Crippen LogP contribution in [-0.4, -0.2) is 13.9 Å². The molecule has 0 aromatic heterocycles. The molecule has 2 nitrogen and oxygen atoms in total. The van der Waals surface area contributed by atoms with E-state index in [4.69, 9.17) is 9.53 Å². The summed E-state index contributed by atoms with van der Waals surface area (Å²) in [5.74, 6) is 0. The molecule has 102 valence electrons. The highest BCUT2D eigenvalue weighted by Crippen LogP contribution is 2.13. The first-order valence-electron chi connectivity index (χ1n) is 6.12. The van der Waals surface area contributed by atoms with Gasteiger partial charge in [0.15, 0.2) is 0 Å². The lowest BCUT2D eigenvalue weighted by Crippen LogP contribution is -1.93. The molecule has 0 bridgehead atoms. The minimum Gasteiger partial charge on any atom is -0.377 e. The number of aryl methyl sites for hydroxylation is 1. The third-order valence-electron chi connectivity index (χ3n) is 2.56. The van der Waals surface area contributed by atoms with E-state index in [1.54, 1.807) is 7.11 Å². The summed E-state index contributed by atoms with van der Waals surface area (Å²) >= 11 is 0. The first-order valence-corrected chi connectivity index (χ1v) is 6.12. The molecule has 2 rings (SSSR count). The van der Waals surface area contributed by atoms with E-state index < -0.39 is 0 Å². The van der Waals surface area contributed by atoms with Crippen molar-refractivity contribution < 1.29 is 9.53 Å². The van der Waals surface area contributed by atoms with E-state index in [2.05, 4.69) is 31.2 Å². The molecule has 0 N–H and O–H groups in total. The van der Waals surface area contributed by atoms with Gasteiger partial charge in [0.2, 0.25) is 0 Å². The van der Waals surface area contributed by atoms with Crippen molar-refractivity contribution in [3.63, 3.8) is 0 Å². The molecule has 2 aromatic carbocycles. The van der Waals surface area contributed by atoms with Crippen LogP contribution in [0.4, 0.5) is 0 Å². The Hall–Kier alpha value is -1.93. The fourth-order valence-corrected chi connectivity index (χ4v) is 1.39. The Kier molecular flexibility index (Phi) is 10.0. The highest BCUT2D eigenvalue weighted by atomic mass is 16.5. The minimum atomic E-state index is 0.209. The largest absolute Gasteiger partial charge is 0.377 e. The van der Waals surface area contributed by atoms with Gasteiger partial charge in [-0.15, -0.1) is 0 Å². The Morgan fingerprint density at radius 1 is 0.895 bits per heavy atom. The average Bonchev–Trinajstić information content (AvgIpc) is 2.51. The summed E-state index contributed by atoms with van der Waals surface area (Å²) in [6.07, 6.45) is 0.209.